The highest BCUT2D eigenvalue weighted by molar-refractivity contribution is 7.09. The van der Waals surface area contributed by atoms with Crippen LogP contribution in [0.3, 0.4) is 0 Å². The number of para-hydroxylation sites is 1. The van der Waals surface area contributed by atoms with Crippen LogP contribution in [0, 0.1) is 5.92 Å². The fourth-order valence-electron chi connectivity index (χ4n) is 5.09. The Kier molecular flexibility index (Phi) is 8.06. The second kappa shape index (κ2) is 11.0. The monoisotopic (exact) mass is 564 g/mol. The number of aryl methyl sites for hydroxylation is 1. The van der Waals surface area contributed by atoms with E-state index >= 15 is 0 Å². The molecule has 12 heteroatoms. The molecule has 2 heterocycles. The molecule has 2 amide bonds. The lowest BCUT2D eigenvalue weighted by atomic mass is 9.78. The Morgan fingerprint density at radius 3 is 2.64 bits per heavy atom. The van der Waals surface area contributed by atoms with Crippen molar-refractivity contribution in [3.05, 3.63) is 51.1 Å². The molecule has 3 N–H and O–H groups in total. The van der Waals surface area contributed by atoms with Crippen LogP contribution >= 0.6 is 11.3 Å². The number of esters is 1. The summed E-state index contributed by atoms with van der Waals surface area (Å²) in [4.78, 5) is 45.8. The summed E-state index contributed by atoms with van der Waals surface area (Å²) in [7, 11) is 0. The largest absolute Gasteiger partial charge is 0.461 e. The summed E-state index contributed by atoms with van der Waals surface area (Å²) >= 11 is 1.23. The van der Waals surface area contributed by atoms with E-state index in [1.807, 2.05) is 13.8 Å². The Morgan fingerprint density at radius 2 is 2.00 bits per heavy atom. The number of H-pyrrole nitrogens is 1. The van der Waals surface area contributed by atoms with Crippen LogP contribution in [0.1, 0.15) is 78.9 Å². The van der Waals surface area contributed by atoms with Crippen LogP contribution in [-0.2, 0) is 33.3 Å². The molecule has 0 unspecified atom stereocenters. The summed E-state index contributed by atoms with van der Waals surface area (Å²) in [6.45, 7) is 7.11. The number of ether oxygens (including phenoxy) is 1. The van der Waals surface area contributed by atoms with Gasteiger partial charge in [-0.1, -0.05) is 32.4 Å². The number of hydrogen-bond donors (Lipinski definition) is 3. The van der Waals surface area contributed by atoms with Gasteiger partial charge in [0.05, 0.1) is 23.7 Å². The lowest BCUT2D eigenvalue weighted by Gasteiger charge is -2.38. The number of carbonyl (C=O) groups is 3. The number of nitrogens with zero attached hydrogens (tertiary/aromatic N) is 1. The van der Waals surface area contributed by atoms with Gasteiger partial charge in [-0.15, -0.1) is 11.3 Å². The second-order valence-corrected chi connectivity index (χ2v) is 10.8. The fraction of sp³-hybridized carbons (Fsp3) is 0.481. The quantitative estimate of drug-likeness (QED) is 0.330. The molecule has 39 heavy (non-hydrogen) atoms. The Labute approximate surface area is 227 Å². The summed E-state index contributed by atoms with van der Waals surface area (Å²) in [5.74, 6) is -1.50. The number of nitrogens with one attached hydrogen (secondary N) is 3. The molecule has 1 aliphatic rings. The van der Waals surface area contributed by atoms with Gasteiger partial charge < -0.3 is 20.4 Å². The molecule has 1 aliphatic carbocycles. The van der Waals surface area contributed by atoms with E-state index in [9.17, 15) is 27.6 Å². The number of carbonyl (C=O) groups excluding carboxylic acids is 3. The molecule has 1 aromatic carbocycles. The third-order valence-corrected chi connectivity index (χ3v) is 8.17. The molecule has 0 spiro atoms. The SMILES string of the molecule is CCOC(=O)c1csc([C@@H](NC(=O)[C@@]2(NC(C)=O)CCc3[nH]c4c(C(F)(F)F)cccc4c3C2)[C@@H](C)CC)n1. The topological polar surface area (TPSA) is 113 Å². The van der Waals surface area contributed by atoms with E-state index in [1.165, 1.54) is 24.3 Å². The van der Waals surface area contributed by atoms with Gasteiger partial charge in [0.1, 0.15) is 10.5 Å². The van der Waals surface area contributed by atoms with Crippen LogP contribution in [0.2, 0.25) is 0 Å². The minimum atomic E-state index is -4.54. The van der Waals surface area contributed by atoms with Gasteiger partial charge in [0.25, 0.3) is 0 Å². The van der Waals surface area contributed by atoms with Gasteiger partial charge >= 0.3 is 12.1 Å². The third-order valence-electron chi connectivity index (χ3n) is 7.24. The predicted octanol–water partition coefficient (Wildman–Crippen LogP) is 5.09. The van der Waals surface area contributed by atoms with Gasteiger partial charge in [0, 0.05) is 29.8 Å². The van der Waals surface area contributed by atoms with Crippen LogP contribution in [-0.4, -0.2) is 39.9 Å². The van der Waals surface area contributed by atoms with Gasteiger partial charge in [-0.05, 0) is 37.3 Å². The maximum Gasteiger partial charge on any atom is 0.418 e. The number of rotatable bonds is 8. The predicted molar refractivity (Wildman–Crippen MR) is 140 cm³/mol. The first-order valence-electron chi connectivity index (χ1n) is 12.8. The minimum absolute atomic E-state index is 0.0221. The number of halogens is 3. The molecule has 0 saturated heterocycles. The third kappa shape index (κ3) is 5.66. The minimum Gasteiger partial charge on any atom is -0.461 e. The molecule has 4 rings (SSSR count). The zero-order valence-electron chi connectivity index (χ0n) is 22.1. The smallest absolute Gasteiger partial charge is 0.418 e. The first-order chi connectivity index (χ1) is 18.4. The molecule has 0 bridgehead atoms. The second-order valence-electron chi connectivity index (χ2n) is 9.88. The van der Waals surface area contributed by atoms with E-state index in [2.05, 4.69) is 20.6 Å². The molecule has 3 atom stereocenters. The van der Waals surface area contributed by atoms with Crippen LogP contribution in [0.15, 0.2) is 23.6 Å². The van der Waals surface area contributed by atoms with Crippen LogP contribution < -0.4 is 10.6 Å². The number of benzene rings is 1. The Morgan fingerprint density at radius 1 is 1.26 bits per heavy atom. The highest BCUT2D eigenvalue weighted by Crippen LogP contribution is 2.40. The van der Waals surface area contributed by atoms with Crippen LogP contribution in [0.25, 0.3) is 10.9 Å². The summed E-state index contributed by atoms with van der Waals surface area (Å²) in [6.07, 6.45) is -3.36. The van der Waals surface area contributed by atoms with Crippen LogP contribution in [0.5, 0.6) is 0 Å². The van der Waals surface area contributed by atoms with E-state index < -0.39 is 41.1 Å². The van der Waals surface area contributed by atoms with E-state index in [1.54, 1.807) is 18.4 Å². The molecule has 3 aromatic rings. The zero-order chi connectivity index (χ0) is 28.5. The molecule has 8 nitrogen and oxygen atoms in total. The maximum absolute atomic E-state index is 14.0. The number of aromatic nitrogens is 2. The lowest BCUT2D eigenvalue weighted by Crippen LogP contribution is -2.61. The van der Waals surface area contributed by atoms with Gasteiger partial charge in [0.2, 0.25) is 11.8 Å². The van der Waals surface area contributed by atoms with Crippen molar-refractivity contribution in [1.82, 2.24) is 20.6 Å². The van der Waals surface area contributed by atoms with Crippen molar-refractivity contribution in [2.75, 3.05) is 6.61 Å². The normalized spacial score (nSPS) is 18.7. The molecule has 0 fully saturated rings. The van der Waals surface area contributed by atoms with Crippen molar-refractivity contribution in [3.8, 4) is 0 Å². The van der Waals surface area contributed by atoms with E-state index in [-0.39, 0.29) is 43.0 Å². The summed E-state index contributed by atoms with van der Waals surface area (Å²) in [5.41, 5.74) is -0.840. The van der Waals surface area contributed by atoms with Crippen molar-refractivity contribution in [1.29, 1.82) is 0 Å². The van der Waals surface area contributed by atoms with E-state index in [0.29, 0.717) is 28.1 Å². The summed E-state index contributed by atoms with van der Waals surface area (Å²) in [5, 5.41) is 8.33. The molecule has 0 radical (unpaired) electrons. The number of amides is 2. The number of hydrogen-bond acceptors (Lipinski definition) is 6. The number of thiazole rings is 1. The lowest BCUT2D eigenvalue weighted by molar-refractivity contribution is -0.136. The van der Waals surface area contributed by atoms with Crippen molar-refractivity contribution in [2.24, 2.45) is 5.92 Å². The van der Waals surface area contributed by atoms with Gasteiger partial charge in [0.15, 0.2) is 5.69 Å². The standard InChI is InChI=1S/C27H31F3N4O4S/c1-5-14(3)21(23-32-20(13-39-23)24(36)38-6-2)33-25(37)26(34-15(4)35)11-10-19-17(12-26)16-8-7-9-18(22(16)31-19)27(28,29)30/h7-9,13-14,21,31H,5-6,10-12H2,1-4H3,(H,33,37)(H,34,35)/t14-,21-,26+/m0/s1. The molecule has 0 saturated carbocycles. The van der Waals surface area contributed by atoms with Gasteiger partial charge in [-0.25, -0.2) is 9.78 Å². The molecular weight excluding hydrogens is 533 g/mol. The zero-order valence-corrected chi connectivity index (χ0v) is 22.9. The van der Waals surface area contributed by atoms with E-state index in [0.717, 1.165) is 6.07 Å². The number of aromatic amines is 1. The average molecular weight is 565 g/mol. The van der Waals surface area contributed by atoms with Crippen molar-refractivity contribution in [3.63, 3.8) is 0 Å². The van der Waals surface area contributed by atoms with Crippen molar-refractivity contribution >= 4 is 40.0 Å². The molecule has 2 aromatic heterocycles. The van der Waals surface area contributed by atoms with Gasteiger partial charge in [-0.3, -0.25) is 9.59 Å². The van der Waals surface area contributed by atoms with E-state index in [4.69, 9.17) is 4.74 Å². The highest BCUT2D eigenvalue weighted by Gasteiger charge is 2.45. The Bertz CT molecular complexity index is 1400. The Hall–Kier alpha value is -3.41. The maximum atomic E-state index is 14.0. The molecule has 0 aliphatic heterocycles. The van der Waals surface area contributed by atoms with Crippen molar-refractivity contribution in [2.45, 2.75) is 71.1 Å². The number of fused-ring (bicyclic) bond motifs is 3. The summed E-state index contributed by atoms with van der Waals surface area (Å²) in [6, 6.07) is 3.41. The average Bonchev–Trinajstić information content (AvgIpc) is 3.50. The van der Waals surface area contributed by atoms with Crippen molar-refractivity contribution < 1.29 is 32.3 Å². The first-order valence-corrected chi connectivity index (χ1v) is 13.7. The fourth-order valence-corrected chi connectivity index (χ4v) is 6.06. The number of alkyl halides is 3. The molecule has 210 valence electrons. The van der Waals surface area contributed by atoms with Gasteiger partial charge in [-0.2, -0.15) is 13.2 Å². The van der Waals surface area contributed by atoms with Crippen LogP contribution in [0.4, 0.5) is 13.2 Å². The highest BCUT2D eigenvalue weighted by atomic mass is 32.1. The first kappa shape index (κ1) is 28.6. The summed E-state index contributed by atoms with van der Waals surface area (Å²) < 4.78 is 46.0. The Balaban J connectivity index is 1.70. The molecular formula is C27H31F3N4O4S.